The molecule has 1 heterocycles. The van der Waals surface area contributed by atoms with Crippen molar-refractivity contribution in [1.82, 2.24) is 0 Å². The van der Waals surface area contributed by atoms with Crippen LogP contribution in [0.2, 0.25) is 0 Å². The van der Waals surface area contributed by atoms with Crippen molar-refractivity contribution in [2.45, 2.75) is 26.2 Å². The summed E-state index contributed by atoms with van der Waals surface area (Å²) in [6.45, 7) is 2.08. The van der Waals surface area contributed by atoms with Gasteiger partial charge in [0, 0.05) is 21.2 Å². The van der Waals surface area contributed by atoms with E-state index in [1.54, 1.807) is 11.3 Å². The maximum atomic E-state index is 10.4. The first-order valence-corrected chi connectivity index (χ1v) is 6.46. The van der Waals surface area contributed by atoms with E-state index in [2.05, 4.69) is 28.9 Å². The van der Waals surface area contributed by atoms with Crippen molar-refractivity contribution >= 4 is 38.8 Å². The lowest BCUT2D eigenvalue weighted by atomic mass is 10.1. The first kappa shape index (κ1) is 12.5. The van der Waals surface area contributed by atoms with Gasteiger partial charge in [-0.25, -0.2) is 0 Å². The van der Waals surface area contributed by atoms with E-state index in [4.69, 9.17) is 5.11 Å². The van der Waals surface area contributed by atoms with E-state index in [-0.39, 0.29) is 6.42 Å². The zero-order valence-corrected chi connectivity index (χ0v) is 10.9. The Hall–Kier alpha value is -0.610. The first-order valence-electron chi connectivity index (χ1n) is 4.78. The predicted octanol–water partition coefficient (Wildman–Crippen LogP) is 4.17. The topological polar surface area (TPSA) is 37.3 Å². The van der Waals surface area contributed by atoms with E-state index in [9.17, 15) is 4.79 Å². The molecule has 0 aliphatic rings. The summed E-state index contributed by atoms with van der Waals surface area (Å²) in [5, 5.41) is 10.6. The minimum absolute atomic E-state index is 0.204. The summed E-state index contributed by atoms with van der Waals surface area (Å²) in [6, 6.07) is 2.07. The standard InChI is InChI=1S/C11H13BrO2S/c1-2-8(4-3-5-11(13)14)10-6-9(12)7-15-10/h4,6-7H,2-3,5H2,1H3,(H,13,14)/b8-4-. The molecule has 0 aromatic carbocycles. The van der Waals surface area contributed by atoms with Gasteiger partial charge in [0.25, 0.3) is 0 Å². The lowest BCUT2D eigenvalue weighted by Crippen LogP contribution is -1.92. The van der Waals surface area contributed by atoms with Crippen molar-refractivity contribution in [3.63, 3.8) is 0 Å². The third-order valence-electron chi connectivity index (χ3n) is 2.01. The van der Waals surface area contributed by atoms with Crippen LogP contribution >= 0.6 is 27.3 Å². The number of rotatable bonds is 5. The van der Waals surface area contributed by atoms with Crippen LogP contribution in [0.1, 0.15) is 31.1 Å². The molecule has 0 unspecified atom stereocenters. The van der Waals surface area contributed by atoms with Crippen LogP contribution in [0.5, 0.6) is 0 Å². The van der Waals surface area contributed by atoms with Crippen molar-refractivity contribution < 1.29 is 9.90 Å². The van der Waals surface area contributed by atoms with Gasteiger partial charge >= 0.3 is 5.97 Å². The molecule has 0 radical (unpaired) electrons. The van der Waals surface area contributed by atoms with Crippen molar-refractivity contribution in [2.24, 2.45) is 0 Å². The summed E-state index contributed by atoms with van der Waals surface area (Å²) in [5.41, 5.74) is 1.23. The number of allylic oxidation sites excluding steroid dienone is 2. The summed E-state index contributed by atoms with van der Waals surface area (Å²) >= 11 is 5.09. The normalized spacial score (nSPS) is 11.7. The van der Waals surface area contributed by atoms with Crippen LogP contribution < -0.4 is 0 Å². The van der Waals surface area contributed by atoms with E-state index in [0.717, 1.165) is 10.9 Å². The number of aliphatic carboxylic acids is 1. The number of carboxylic acids is 1. The van der Waals surface area contributed by atoms with E-state index < -0.39 is 5.97 Å². The molecule has 0 atom stereocenters. The molecule has 0 saturated heterocycles. The molecule has 0 saturated carbocycles. The Balaban J connectivity index is 2.66. The van der Waals surface area contributed by atoms with Gasteiger partial charge in [-0.3, -0.25) is 4.79 Å². The van der Waals surface area contributed by atoms with Crippen LogP contribution in [0.3, 0.4) is 0 Å². The maximum absolute atomic E-state index is 10.4. The zero-order valence-electron chi connectivity index (χ0n) is 8.50. The van der Waals surface area contributed by atoms with E-state index in [1.165, 1.54) is 10.5 Å². The lowest BCUT2D eigenvalue weighted by molar-refractivity contribution is -0.136. The number of carboxylic acid groups (broad SMARTS) is 1. The average molecular weight is 289 g/mol. The van der Waals surface area contributed by atoms with Crippen LogP contribution in [0.15, 0.2) is 22.0 Å². The molecule has 1 rings (SSSR count). The number of hydrogen-bond donors (Lipinski definition) is 1. The van der Waals surface area contributed by atoms with Gasteiger partial charge in [-0.2, -0.15) is 0 Å². The molecule has 1 aromatic rings. The number of halogens is 1. The van der Waals surface area contributed by atoms with Crippen molar-refractivity contribution in [2.75, 3.05) is 0 Å². The zero-order chi connectivity index (χ0) is 11.3. The van der Waals surface area contributed by atoms with Crippen LogP contribution in [0.25, 0.3) is 5.57 Å². The lowest BCUT2D eigenvalue weighted by Gasteiger charge is -2.00. The van der Waals surface area contributed by atoms with Crippen LogP contribution in [0.4, 0.5) is 0 Å². The number of carbonyl (C=O) groups is 1. The van der Waals surface area contributed by atoms with Gasteiger partial charge in [-0.15, -0.1) is 11.3 Å². The van der Waals surface area contributed by atoms with Gasteiger partial charge in [0.1, 0.15) is 0 Å². The molecule has 15 heavy (non-hydrogen) atoms. The van der Waals surface area contributed by atoms with Gasteiger partial charge in [0.2, 0.25) is 0 Å². The Morgan fingerprint density at radius 3 is 2.87 bits per heavy atom. The summed E-state index contributed by atoms with van der Waals surface area (Å²) in [7, 11) is 0. The average Bonchev–Trinajstić information content (AvgIpc) is 2.59. The highest BCUT2D eigenvalue weighted by Crippen LogP contribution is 2.28. The Morgan fingerprint density at radius 1 is 1.67 bits per heavy atom. The largest absolute Gasteiger partial charge is 0.481 e. The van der Waals surface area contributed by atoms with E-state index >= 15 is 0 Å². The molecule has 0 fully saturated rings. The number of hydrogen-bond acceptors (Lipinski definition) is 2. The monoisotopic (exact) mass is 288 g/mol. The minimum Gasteiger partial charge on any atom is -0.481 e. The minimum atomic E-state index is -0.742. The molecule has 0 spiro atoms. The smallest absolute Gasteiger partial charge is 0.303 e. The molecular weight excluding hydrogens is 276 g/mol. The fourth-order valence-corrected chi connectivity index (χ4v) is 2.81. The van der Waals surface area contributed by atoms with Crippen LogP contribution in [-0.2, 0) is 4.79 Å². The molecule has 1 aromatic heterocycles. The van der Waals surface area contributed by atoms with Crippen molar-refractivity contribution in [1.29, 1.82) is 0 Å². The fraction of sp³-hybridized carbons (Fsp3) is 0.364. The second kappa shape index (κ2) is 6.08. The molecule has 2 nitrogen and oxygen atoms in total. The van der Waals surface area contributed by atoms with Gasteiger partial charge in [-0.05, 0) is 40.4 Å². The van der Waals surface area contributed by atoms with Crippen molar-refractivity contribution in [3.05, 3.63) is 26.9 Å². The highest BCUT2D eigenvalue weighted by molar-refractivity contribution is 9.10. The quantitative estimate of drug-likeness (QED) is 0.883. The summed E-state index contributed by atoms with van der Waals surface area (Å²) < 4.78 is 1.08. The molecule has 82 valence electrons. The van der Waals surface area contributed by atoms with Gasteiger partial charge in [-0.1, -0.05) is 13.0 Å². The second-order valence-corrected chi connectivity index (χ2v) is 4.97. The van der Waals surface area contributed by atoms with Gasteiger partial charge in [0.15, 0.2) is 0 Å². The Bertz CT molecular complexity index is 368. The van der Waals surface area contributed by atoms with Crippen molar-refractivity contribution in [3.8, 4) is 0 Å². The third kappa shape index (κ3) is 4.18. The maximum Gasteiger partial charge on any atom is 0.303 e. The molecule has 0 bridgehead atoms. The molecule has 0 aliphatic heterocycles. The highest BCUT2D eigenvalue weighted by atomic mass is 79.9. The van der Waals surface area contributed by atoms with E-state index in [0.29, 0.717) is 6.42 Å². The third-order valence-corrected chi connectivity index (χ3v) is 3.78. The number of thiophene rings is 1. The Morgan fingerprint density at radius 2 is 2.40 bits per heavy atom. The molecule has 1 N–H and O–H groups in total. The van der Waals surface area contributed by atoms with Gasteiger partial charge in [0.05, 0.1) is 0 Å². The highest BCUT2D eigenvalue weighted by Gasteiger charge is 2.03. The van der Waals surface area contributed by atoms with Gasteiger partial charge < -0.3 is 5.11 Å². The Labute approximate surface area is 102 Å². The van der Waals surface area contributed by atoms with Crippen LogP contribution in [-0.4, -0.2) is 11.1 Å². The SMILES string of the molecule is CC/C(=C/CCC(=O)O)c1cc(Br)cs1. The second-order valence-electron chi connectivity index (χ2n) is 3.14. The Kier molecular flexibility index (Phi) is 5.05. The van der Waals surface area contributed by atoms with Crippen LogP contribution in [0, 0.1) is 0 Å². The fourth-order valence-electron chi connectivity index (χ4n) is 1.27. The molecule has 0 amide bonds. The predicted molar refractivity (Wildman–Crippen MR) is 67.2 cm³/mol. The molecule has 4 heteroatoms. The summed E-state index contributed by atoms with van der Waals surface area (Å²) in [4.78, 5) is 11.6. The summed E-state index contributed by atoms with van der Waals surface area (Å²) in [6.07, 6.45) is 3.77. The summed E-state index contributed by atoms with van der Waals surface area (Å²) in [5.74, 6) is -0.742. The van der Waals surface area contributed by atoms with E-state index in [1.807, 2.05) is 11.5 Å². The first-order chi connectivity index (χ1) is 7.13. The molecule has 0 aliphatic carbocycles. The molecular formula is C11H13BrO2S.